The van der Waals surface area contributed by atoms with Gasteiger partial charge in [0.05, 0.1) is 11.4 Å². The molecule has 1 fully saturated rings. The molecule has 2 heterocycles. The summed E-state index contributed by atoms with van der Waals surface area (Å²) in [4.78, 5) is 0.261. The molecule has 1 aromatic rings. The number of rotatable bonds is 3. The van der Waals surface area contributed by atoms with Crippen LogP contribution >= 0.6 is 0 Å². The van der Waals surface area contributed by atoms with Crippen LogP contribution in [0.25, 0.3) is 0 Å². The van der Waals surface area contributed by atoms with Gasteiger partial charge in [0.2, 0.25) is 10.0 Å². The standard InChI is InChI=1S/C12H22N4O2S/c1-8-4-5-16(9(2)6-8)19(17,18)12-10(3)14-15-11(12)7-13/h8-9H,4-7,13H2,1-3H3,(H,14,15). The summed E-state index contributed by atoms with van der Waals surface area (Å²) in [6, 6.07) is 0.0219. The van der Waals surface area contributed by atoms with Crippen molar-refractivity contribution in [3.8, 4) is 0 Å². The Morgan fingerprint density at radius 2 is 2.16 bits per heavy atom. The van der Waals surface area contributed by atoms with Gasteiger partial charge in [-0.2, -0.15) is 9.40 Å². The number of sulfonamides is 1. The van der Waals surface area contributed by atoms with Crippen molar-refractivity contribution in [3.63, 3.8) is 0 Å². The minimum absolute atomic E-state index is 0.0219. The van der Waals surface area contributed by atoms with Crippen molar-refractivity contribution in [2.75, 3.05) is 6.54 Å². The van der Waals surface area contributed by atoms with Crippen LogP contribution in [0.3, 0.4) is 0 Å². The molecule has 0 amide bonds. The molecule has 1 aliphatic rings. The van der Waals surface area contributed by atoms with Crippen molar-refractivity contribution < 1.29 is 8.42 Å². The van der Waals surface area contributed by atoms with Crippen LogP contribution in [0.4, 0.5) is 0 Å². The molecule has 0 aliphatic carbocycles. The van der Waals surface area contributed by atoms with Crippen LogP contribution in [0.2, 0.25) is 0 Å². The number of hydrogen-bond donors (Lipinski definition) is 2. The molecule has 2 rings (SSSR count). The average Bonchev–Trinajstić information content (AvgIpc) is 2.70. The monoisotopic (exact) mass is 286 g/mol. The smallest absolute Gasteiger partial charge is 0.247 e. The number of nitrogens with two attached hydrogens (primary N) is 1. The summed E-state index contributed by atoms with van der Waals surface area (Å²) in [5.41, 5.74) is 6.56. The molecular weight excluding hydrogens is 264 g/mol. The minimum atomic E-state index is -3.51. The van der Waals surface area contributed by atoms with E-state index >= 15 is 0 Å². The molecule has 0 radical (unpaired) electrons. The Balaban J connectivity index is 2.39. The first kappa shape index (κ1) is 14.5. The van der Waals surface area contributed by atoms with Crippen LogP contribution in [0, 0.1) is 12.8 Å². The molecule has 7 heteroatoms. The van der Waals surface area contributed by atoms with E-state index in [4.69, 9.17) is 5.73 Å². The minimum Gasteiger partial charge on any atom is -0.325 e. The molecule has 2 atom stereocenters. The molecular formula is C12H22N4O2S. The summed E-state index contributed by atoms with van der Waals surface area (Å²) in [6.07, 6.45) is 1.80. The highest BCUT2D eigenvalue weighted by Gasteiger charge is 2.36. The topological polar surface area (TPSA) is 92.1 Å². The summed E-state index contributed by atoms with van der Waals surface area (Å²) in [7, 11) is -3.51. The van der Waals surface area contributed by atoms with Crippen LogP contribution in [0.15, 0.2) is 4.90 Å². The number of piperidine rings is 1. The third-order valence-corrected chi connectivity index (χ3v) is 6.02. The first-order valence-electron chi connectivity index (χ1n) is 6.63. The lowest BCUT2D eigenvalue weighted by molar-refractivity contribution is 0.220. The Morgan fingerprint density at radius 1 is 1.47 bits per heavy atom. The number of aromatic nitrogens is 2. The first-order valence-corrected chi connectivity index (χ1v) is 8.07. The summed E-state index contributed by atoms with van der Waals surface area (Å²) < 4.78 is 27.1. The number of nitrogens with one attached hydrogen (secondary N) is 1. The van der Waals surface area contributed by atoms with E-state index in [0.717, 1.165) is 12.8 Å². The highest BCUT2D eigenvalue weighted by atomic mass is 32.2. The van der Waals surface area contributed by atoms with E-state index in [1.165, 1.54) is 0 Å². The quantitative estimate of drug-likeness (QED) is 0.866. The van der Waals surface area contributed by atoms with Gasteiger partial charge in [0.25, 0.3) is 0 Å². The summed E-state index contributed by atoms with van der Waals surface area (Å²) in [6.45, 7) is 6.53. The Kier molecular flexibility index (Phi) is 3.98. The van der Waals surface area contributed by atoms with Crippen molar-refractivity contribution in [3.05, 3.63) is 11.4 Å². The lowest BCUT2D eigenvalue weighted by Gasteiger charge is -2.35. The van der Waals surface area contributed by atoms with Gasteiger partial charge in [-0.25, -0.2) is 8.42 Å². The molecule has 2 unspecified atom stereocenters. The summed E-state index contributed by atoms with van der Waals surface area (Å²) >= 11 is 0. The molecule has 0 saturated carbocycles. The largest absolute Gasteiger partial charge is 0.325 e. The van der Waals surface area contributed by atoms with Gasteiger partial charge >= 0.3 is 0 Å². The maximum Gasteiger partial charge on any atom is 0.247 e. The Morgan fingerprint density at radius 3 is 2.74 bits per heavy atom. The lowest BCUT2D eigenvalue weighted by Crippen LogP contribution is -2.44. The van der Waals surface area contributed by atoms with Crippen LogP contribution in [0.5, 0.6) is 0 Å². The number of aromatic amines is 1. The highest BCUT2D eigenvalue weighted by Crippen LogP contribution is 2.30. The number of nitrogens with zero attached hydrogens (tertiary/aromatic N) is 2. The zero-order chi connectivity index (χ0) is 14.2. The van der Waals surface area contributed by atoms with Gasteiger partial charge in [-0.15, -0.1) is 0 Å². The highest BCUT2D eigenvalue weighted by molar-refractivity contribution is 7.89. The molecule has 6 nitrogen and oxygen atoms in total. The summed E-state index contributed by atoms with van der Waals surface area (Å²) in [5.74, 6) is 0.570. The van der Waals surface area contributed by atoms with Crippen molar-refractivity contribution in [2.24, 2.45) is 11.7 Å². The van der Waals surface area contributed by atoms with Crippen LogP contribution in [-0.4, -0.2) is 35.5 Å². The third kappa shape index (κ3) is 2.54. The van der Waals surface area contributed by atoms with Gasteiger partial charge in [0.15, 0.2) is 0 Å². The zero-order valence-electron chi connectivity index (χ0n) is 11.7. The van der Waals surface area contributed by atoms with E-state index in [1.807, 2.05) is 6.92 Å². The predicted molar refractivity (Wildman–Crippen MR) is 73.0 cm³/mol. The van der Waals surface area contributed by atoms with E-state index in [2.05, 4.69) is 17.1 Å². The van der Waals surface area contributed by atoms with Crippen molar-refractivity contribution >= 4 is 10.0 Å². The Labute approximate surface area is 114 Å². The summed E-state index contributed by atoms with van der Waals surface area (Å²) in [5, 5.41) is 6.70. The average molecular weight is 286 g/mol. The Bertz CT molecular complexity index is 552. The van der Waals surface area contributed by atoms with E-state index < -0.39 is 10.0 Å². The first-order chi connectivity index (χ1) is 8.87. The number of H-pyrrole nitrogens is 1. The second-order valence-corrected chi connectivity index (χ2v) is 7.25. The van der Waals surface area contributed by atoms with Crippen molar-refractivity contribution in [1.82, 2.24) is 14.5 Å². The predicted octanol–water partition coefficient (Wildman–Crippen LogP) is 0.986. The van der Waals surface area contributed by atoms with Gasteiger partial charge in [-0.05, 0) is 32.6 Å². The molecule has 0 aromatic carbocycles. The Hall–Kier alpha value is -0.920. The van der Waals surface area contributed by atoms with Crippen molar-refractivity contribution in [1.29, 1.82) is 0 Å². The molecule has 3 N–H and O–H groups in total. The van der Waals surface area contributed by atoms with Crippen LogP contribution < -0.4 is 5.73 Å². The SMILES string of the molecule is Cc1[nH]nc(CN)c1S(=O)(=O)N1CCC(C)CC1C. The molecule has 1 aromatic heterocycles. The van der Waals surface area contributed by atoms with Crippen LogP contribution in [-0.2, 0) is 16.6 Å². The number of hydrogen-bond acceptors (Lipinski definition) is 4. The van der Waals surface area contributed by atoms with E-state index in [-0.39, 0.29) is 17.5 Å². The fourth-order valence-electron chi connectivity index (χ4n) is 2.81. The molecule has 0 bridgehead atoms. The van der Waals surface area contributed by atoms with Gasteiger partial charge < -0.3 is 5.73 Å². The zero-order valence-corrected chi connectivity index (χ0v) is 12.5. The van der Waals surface area contributed by atoms with E-state index in [1.54, 1.807) is 11.2 Å². The molecule has 1 saturated heterocycles. The molecule has 108 valence electrons. The van der Waals surface area contributed by atoms with Crippen LogP contribution in [0.1, 0.15) is 38.1 Å². The fourth-order valence-corrected chi connectivity index (χ4v) is 4.81. The second-order valence-electron chi connectivity index (χ2n) is 5.42. The van der Waals surface area contributed by atoms with Gasteiger partial charge in [-0.3, -0.25) is 5.10 Å². The maximum atomic E-state index is 12.8. The van der Waals surface area contributed by atoms with E-state index in [0.29, 0.717) is 23.9 Å². The van der Waals surface area contributed by atoms with Crippen molar-refractivity contribution in [2.45, 2.75) is 51.1 Å². The van der Waals surface area contributed by atoms with Gasteiger partial charge in [-0.1, -0.05) is 6.92 Å². The third-order valence-electron chi connectivity index (χ3n) is 3.80. The second kappa shape index (κ2) is 5.22. The molecule has 19 heavy (non-hydrogen) atoms. The van der Waals surface area contributed by atoms with Gasteiger partial charge in [0, 0.05) is 19.1 Å². The lowest BCUT2D eigenvalue weighted by atomic mass is 9.95. The fraction of sp³-hybridized carbons (Fsp3) is 0.750. The molecule has 0 spiro atoms. The van der Waals surface area contributed by atoms with Gasteiger partial charge in [0.1, 0.15) is 4.90 Å². The number of aryl methyl sites for hydroxylation is 1. The maximum absolute atomic E-state index is 12.8. The normalized spacial score (nSPS) is 25.7. The molecule has 1 aliphatic heterocycles. The van der Waals surface area contributed by atoms with E-state index in [9.17, 15) is 8.42 Å².